The number of nitrogens with one attached hydrogen (secondary N) is 2. The molecule has 1 aromatic rings. The molecule has 0 heterocycles. The molecule has 0 aromatic heterocycles. The van der Waals surface area contributed by atoms with Gasteiger partial charge in [0.15, 0.2) is 0 Å². The average molecular weight is 375 g/mol. The van der Waals surface area contributed by atoms with Crippen molar-refractivity contribution in [1.82, 2.24) is 0 Å². The van der Waals surface area contributed by atoms with E-state index in [2.05, 4.69) is 9.44 Å². The fourth-order valence-corrected chi connectivity index (χ4v) is 4.04. The maximum Gasteiger partial charge on any atom is 0.233 e. The van der Waals surface area contributed by atoms with Crippen LogP contribution in [0, 0.1) is 5.92 Å². The van der Waals surface area contributed by atoms with Crippen LogP contribution in [-0.2, 0) is 20.0 Å². The van der Waals surface area contributed by atoms with E-state index in [1.165, 1.54) is 18.2 Å². The first-order valence-electron chi connectivity index (χ1n) is 5.86. The molecule has 2 N–H and O–H groups in total. The van der Waals surface area contributed by atoms with Gasteiger partial charge in [-0.1, -0.05) is 18.5 Å². The zero-order valence-electron chi connectivity index (χ0n) is 11.4. The third-order valence-corrected chi connectivity index (χ3v) is 5.29. The minimum Gasteiger partial charge on any atom is -0.283 e. The van der Waals surface area contributed by atoms with Crippen molar-refractivity contribution in [3.8, 4) is 0 Å². The van der Waals surface area contributed by atoms with E-state index in [0.717, 1.165) is 6.26 Å². The summed E-state index contributed by atoms with van der Waals surface area (Å²) in [6.07, 6.45) is 0.994. The van der Waals surface area contributed by atoms with E-state index in [1.807, 2.05) is 0 Å². The molecule has 10 heteroatoms. The van der Waals surface area contributed by atoms with Gasteiger partial charge in [-0.2, -0.15) is 0 Å². The lowest BCUT2D eigenvalue weighted by Crippen LogP contribution is -2.22. The largest absolute Gasteiger partial charge is 0.283 e. The van der Waals surface area contributed by atoms with Gasteiger partial charge in [0.2, 0.25) is 20.0 Å². The van der Waals surface area contributed by atoms with Crippen LogP contribution in [0.1, 0.15) is 6.92 Å². The predicted octanol–water partition coefficient (Wildman–Crippen LogP) is 2.33. The molecule has 21 heavy (non-hydrogen) atoms. The number of benzene rings is 1. The third-order valence-electron chi connectivity index (χ3n) is 2.31. The van der Waals surface area contributed by atoms with Crippen molar-refractivity contribution in [3.05, 3.63) is 23.2 Å². The molecule has 0 saturated heterocycles. The minimum atomic E-state index is -3.54. The Balaban J connectivity index is 2.90. The monoisotopic (exact) mass is 374 g/mol. The highest BCUT2D eigenvalue weighted by atomic mass is 35.5. The highest BCUT2D eigenvalue weighted by Gasteiger charge is 2.16. The first-order valence-corrected chi connectivity index (χ1v) is 10.3. The molecule has 1 aromatic carbocycles. The number of hydrogen-bond donors (Lipinski definition) is 2. The van der Waals surface area contributed by atoms with E-state index >= 15 is 0 Å². The van der Waals surface area contributed by atoms with Gasteiger partial charge in [-0.15, -0.1) is 11.6 Å². The van der Waals surface area contributed by atoms with Gasteiger partial charge < -0.3 is 0 Å². The van der Waals surface area contributed by atoms with E-state index in [9.17, 15) is 16.8 Å². The molecule has 6 nitrogen and oxygen atoms in total. The standard InChI is InChI=1S/C11H16Cl2N2O4S2/c1-8(6-12)7-21(18,19)14-9-3-4-11(10(13)5-9)15-20(2,16)17/h3-5,8,14-15H,6-7H2,1-2H3. The molecule has 0 bridgehead atoms. The van der Waals surface area contributed by atoms with Crippen molar-refractivity contribution in [3.63, 3.8) is 0 Å². The summed E-state index contributed by atoms with van der Waals surface area (Å²) in [6.45, 7) is 1.72. The first kappa shape index (κ1) is 18.3. The molecule has 0 aliphatic carbocycles. The van der Waals surface area contributed by atoms with Gasteiger partial charge >= 0.3 is 0 Å². The van der Waals surface area contributed by atoms with E-state index < -0.39 is 20.0 Å². The van der Waals surface area contributed by atoms with Crippen LogP contribution < -0.4 is 9.44 Å². The van der Waals surface area contributed by atoms with E-state index in [-0.39, 0.29) is 33.9 Å². The van der Waals surface area contributed by atoms with Gasteiger partial charge in [-0.05, 0) is 24.1 Å². The number of anilines is 2. The number of sulfonamides is 2. The van der Waals surface area contributed by atoms with Gasteiger partial charge in [0.25, 0.3) is 0 Å². The molecule has 1 atom stereocenters. The second-order valence-electron chi connectivity index (χ2n) is 4.71. The van der Waals surface area contributed by atoms with Crippen LogP contribution in [0.5, 0.6) is 0 Å². The van der Waals surface area contributed by atoms with E-state index in [4.69, 9.17) is 23.2 Å². The van der Waals surface area contributed by atoms with Gasteiger partial charge in [-0.3, -0.25) is 9.44 Å². The Kier molecular flexibility index (Phi) is 6.15. The molecule has 0 aliphatic heterocycles. The van der Waals surface area contributed by atoms with Crippen molar-refractivity contribution in [2.75, 3.05) is 27.3 Å². The average Bonchev–Trinajstić information content (AvgIpc) is 2.30. The molecule has 1 unspecified atom stereocenters. The lowest BCUT2D eigenvalue weighted by Gasteiger charge is -2.12. The molecule has 1 rings (SSSR count). The SMILES string of the molecule is CC(CCl)CS(=O)(=O)Nc1ccc(NS(C)(=O)=O)c(Cl)c1. The van der Waals surface area contributed by atoms with Crippen LogP contribution in [0.4, 0.5) is 11.4 Å². The fourth-order valence-electron chi connectivity index (χ4n) is 1.50. The van der Waals surface area contributed by atoms with Crippen LogP contribution in [0.15, 0.2) is 18.2 Å². The quantitative estimate of drug-likeness (QED) is 0.716. The Bertz CT molecular complexity index is 705. The normalized spacial score (nSPS) is 13.7. The zero-order valence-corrected chi connectivity index (χ0v) is 14.6. The van der Waals surface area contributed by atoms with Crippen molar-refractivity contribution < 1.29 is 16.8 Å². The van der Waals surface area contributed by atoms with Gasteiger partial charge in [0, 0.05) is 5.88 Å². The fraction of sp³-hybridized carbons (Fsp3) is 0.455. The molecule has 0 aliphatic rings. The molecule has 0 spiro atoms. The van der Waals surface area contributed by atoms with Crippen LogP contribution in [0.2, 0.25) is 5.02 Å². The summed E-state index contributed by atoms with van der Waals surface area (Å²) >= 11 is 11.5. The Morgan fingerprint density at radius 3 is 2.29 bits per heavy atom. The van der Waals surface area contributed by atoms with Crippen molar-refractivity contribution in [2.45, 2.75) is 6.92 Å². The van der Waals surface area contributed by atoms with Gasteiger partial charge in [0.1, 0.15) is 0 Å². The lowest BCUT2D eigenvalue weighted by atomic mass is 10.3. The maximum atomic E-state index is 11.9. The van der Waals surface area contributed by atoms with Crippen molar-refractivity contribution >= 4 is 54.6 Å². The summed E-state index contributed by atoms with van der Waals surface area (Å²) in [5, 5.41) is 0.0889. The Labute approximate surface area is 134 Å². The third kappa shape index (κ3) is 6.73. The molecule has 0 radical (unpaired) electrons. The topological polar surface area (TPSA) is 92.3 Å². The van der Waals surface area contributed by atoms with Crippen LogP contribution >= 0.6 is 23.2 Å². The van der Waals surface area contributed by atoms with Crippen molar-refractivity contribution in [2.24, 2.45) is 5.92 Å². The molecule has 120 valence electrons. The predicted molar refractivity (Wildman–Crippen MR) is 87.2 cm³/mol. The van der Waals surface area contributed by atoms with E-state index in [0.29, 0.717) is 0 Å². The summed E-state index contributed by atoms with van der Waals surface area (Å²) in [6, 6.07) is 4.13. The maximum absolute atomic E-state index is 11.9. The molecular formula is C11H16Cl2N2O4S2. The first-order chi connectivity index (χ1) is 9.52. The van der Waals surface area contributed by atoms with Crippen molar-refractivity contribution in [1.29, 1.82) is 0 Å². The Hall–Kier alpha value is -0.700. The smallest absolute Gasteiger partial charge is 0.233 e. The molecular weight excluding hydrogens is 359 g/mol. The van der Waals surface area contributed by atoms with Crippen LogP contribution in [0.3, 0.4) is 0 Å². The number of halogens is 2. The second kappa shape index (κ2) is 7.04. The minimum absolute atomic E-state index is 0.0889. The summed E-state index contributed by atoms with van der Waals surface area (Å²) in [4.78, 5) is 0. The highest BCUT2D eigenvalue weighted by Crippen LogP contribution is 2.26. The zero-order chi connectivity index (χ0) is 16.3. The summed E-state index contributed by atoms with van der Waals surface area (Å²) in [5.74, 6) is -0.0677. The second-order valence-corrected chi connectivity index (χ2v) is 8.94. The highest BCUT2D eigenvalue weighted by molar-refractivity contribution is 7.92. The van der Waals surface area contributed by atoms with Crippen LogP contribution in [-0.4, -0.2) is 34.7 Å². The molecule has 0 amide bonds. The molecule has 0 saturated carbocycles. The van der Waals surface area contributed by atoms with Crippen LogP contribution in [0.25, 0.3) is 0 Å². The summed E-state index contributed by atoms with van der Waals surface area (Å²) < 4.78 is 50.6. The van der Waals surface area contributed by atoms with E-state index in [1.54, 1.807) is 6.92 Å². The van der Waals surface area contributed by atoms with Gasteiger partial charge in [0.05, 0.1) is 28.4 Å². The Morgan fingerprint density at radius 1 is 1.19 bits per heavy atom. The number of alkyl halides is 1. The lowest BCUT2D eigenvalue weighted by molar-refractivity contribution is 0.588. The Morgan fingerprint density at radius 2 is 1.81 bits per heavy atom. The molecule has 0 fully saturated rings. The number of rotatable bonds is 7. The summed E-state index contributed by atoms with van der Waals surface area (Å²) in [5.41, 5.74) is 0.428. The number of hydrogen-bond acceptors (Lipinski definition) is 4. The van der Waals surface area contributed by atoms with Gasteiger partial charge in [-0.25, -0.2) is 16.8 Å². The summed E-state index contributed by atoms with van der Waals surface area (Å²) in [7, 11) is -7.00.